The van der Waals surface area contributed by atoms with Crippen molar-refractivity contribution in [3.05, 3.63) is 93.8 Å². The summed E-state index contributed by atoms with van der Waals surface area (Å²) >= 11 is 0. The Bertz CT molecular complexity index is 1710. The van der Waals surface area contributed by atoms with E-state index >= 15 is 8.78 Å². The maximum atomic E-state index is 16.1. The normalized spacial score (nSPS) is 13.4. The van der Waals surface area contributed by atoms with Gasteiger partial charge in [0.05, 0.1) is 10.9 Å². The summed E-state index contributed by atoms with van der Waals surface area (Å²) in [6, 6.07) is 17.0. The molecule has 1 fully saturated rings. The quantitative estimate of drug-likeness (QED) is 0.257. The molecule has 6 rings (SSSR count). The van der Waals surface area contributed by atoms with Gasteiger partial charge in [-0.15, -0.1) is 10.2 Å². The fraction of sp³-hybridized carbons (Fsp3) is 0.290. The molecule has 40 heavy (non-hydrogen) atoms. The van der Waals surface area contributed by atoms with Crippen LogP contribution in [0, 0.1) is 11.6 Å². The molecular formula is C31H30F2N6O. The molecule has 1 aliphatic heterocycles. The first-order valence-electron chi connectivity index (χ1n) is 13.8. The predicted octanol–water partition coefficient (Wildman–Crippen LogP) is 6.12. The van der Waals surface area contributed by atoms with Gasteiger partial charge < -0.3 is 9.47 Å². The molecule has 0 aliphatic carbocycles. The van der Waals surface area contributed by atoms with Gasteiger partial charge in [-0.2, -0.15) is 5.21 Å². The molecular weight excluding hydrogens is 510 g/mol. The summed E-state index contributed by atoms with van der Waals surface area (Å²) in [6.45, 7) is 3.60. The molecule has 204 valence electrons. The third kappa shape index (κ3) is 4.76. The number of rotatable bonds is 8. The second-order valence-electron chi connectivity index (χ2n) is 10.3. The highest BCUT2D eigenvalue weighted by molar-refractivity contribution is 5.85. The molecule has 3 aromatic carbocycles. The van der Waals surface area contributed by atoms with Gasteiger partial charge in [-0.05, 0) is 53.7 Å². The summed E-state index contributed by atoms with van der Waals surface area (Å²) in [4.78, 5) is 15.1. The van der Waals surface area contributed by atoms with Crippen LogP contribution in [-0.4, -0.2) is 38.3 Å². The Balaban J connectivity index is 1.42. The topological polar surface area (TPSA) is 79.7 Å². The Kier molecular flexibility index (Phi) is 7.11. The van der Waals surface area contributed by atoms with Gasteiger partial charge in [-0.1, -0.05) is 61.9 Å². The van der Waals surface area contributed by atoms with Crippen molar-refractivity contribution in [1.29, 1.82) is 0 Å². The van der Waals surface area contributed by atoms with Crippen molar-refractivity contribution in [2.24, 2.45) is 0 Å². The Labute approximate surface area is 230 Å². The highest BCUT2D eigenvalue weighted by atomic mass is 19.1. The van der Waals surface area contributed by atoms with Crippen LogP contribution in [0.2, 0.25) is 0 Å². The van der Waals surface area contributed by atoms with E-state index in [1.54, 1.807) is 15.7 Å². The summed E-state index contributed by atoms with van der Waals surface area (Å²) in [5.41, 5.74) is 4.12. The minimum Gasteiger partial charge on any atom is -0.367 e. The minimum absolute atomic E-state index is 0.0344. The van der Waals surface area contributed by atoms with E-state index in [9.17, 15) is 4.79 Å². The summed E-state index contributed by atoms with van der Waals surface area (Å²) in [6.07, 6.45) is 5.85. The number of nitrogens with zero attached hydrogens (tertiary/aromatic N) is 5. The van der Waals surface area contributed by atoms with Gasteiger partial charge >= 0.3 is 0 Å². The van der Waals surface area contributed by atoms with Gasteiger partial charge in [-0.25, -0.2) is 8.78 Å². The number of tetrazole rings is 1. The molecule has 5 aromatic rings. The number of unbranched alkanes of at least 4 members (excludes halogenated alkanes) is 1. The molecule has 0 spiro atoms. The lowest BCUT2D eigenvalue weighted by atomic mass is 9.98. The third-order valence-corrected chi connectivity index (χ3v) is 7.66. The lowest BCUT2D eigenvalue weighted by Crippen LogP contribution is -2.23. The Morgan fingerprint density at radius 1 is 1.00 bits per heavy atom. The van der Waals surface area contributed by atoms with Crippen LogP contribution in [0.3, 0.4) is 0 Å². The van der Waals surface area contributed by atoms with Gasteiger partial charge in [0.1, 0.15) is 11.5 Å². The first kappa shape index (κ1) is 25.9. The van der Waals surface area contributed by atoms with Crippen molar-refractivity contribution in [3.63, 3.8) is 0 Å². The molecule has 1 aliphatic rings. The van der Waals surface area contributed by atoms with E-state index < -0.39 is 11.6 Å². The first-order valence-corrected chi connectivity index (χ1v) is 13.8. The number of hydrogen-bond acceptors (Lipinski definition) is 5. The molecule has 2 aromatic heterocycles. The Morgan fingerprint density at radius 3 is 2.45 bits per heavy atom. The standard InChI is InChI=1S/C31H30F2N6O/c1-2-3-8-22-19-39(28-25(30(22)40)17-26(32)29(27(28)33)38-15-6-7-16-38)18-20-11-13-21(14-12-20)23-9-4-5-10-24(23)31-34-36-37-35-31/h4-5,9-14,17,19H,2-3,6-8,15-16,18H2,1H3,(H,34,35,36,37). The number of fused-ring (bicyclic) bond motifs is 1. The van der Waals surface area contributed by atoms with Crippen LogP contribution >= 0.6 is 0 Å². The zero-order valence-corrected chi connectivity index (χ0v) is 22.3. The number of pyridine rings is 1. The molecule has 1 saturated heterocycles. The number of H-pyrrole nitrogens is 1. The predicted molar refractivity (Wildman–Crippen MR) is 152 cm³/mol. The van der Waals surface area contributed by atoms with E-state index in [1.807, 2.05) is 48.5 Å². The Hall–Kier alpha value is -4.40. The van der Waals surface area contributed by atoms with E-state index in [2.05, 4.69) is 27.5 Å². The number of benzene rings is 3. The highest BCUT2D eigenvalue weighted by Gasteiger charge is 2.25. The second-order valence-corrected chi connectivity index (χ2v) is 10.3. The highest BCUT2D eigenvalue weighted by Crippen LogP contribution is 2.33. The van der Waals surface area contributed by atoms with E-state index in [0.717, 1.165) is 47.9 Å². The van der Waals surface area contributed by atoms with Crippen LogP contribution in [0.15, 0.2) is 65.6 Å². The van der Waals surface area contributed by atoms with Crippen LogP contribution < -0.4 is 10.3 Å². The van der Waals surface area contributed by atoms with Crippen LogP contribution in [0.25, 0.3) is 33.4 Å². The third-order valence-electron chi connectivity index (χ3n) is 7.66. The van der Waals surface area contributed by atoms with Crippen LogP contribution in [0.1, 0.15) is 43.7 Å². The number of hydrogen-bond donors (Lipinski definition) is 1. The van der Waals surface area contributed by atoms with Crippen LogP contribution in [0.4, 0.5) is 14.5 Å². The molecule has 0 atom stereocenters. The number of halogens is 2. The average molecular weight is 541 g/mol. The molecule has 0 radical (unpaired) electrons. The molecule has 1 N–H and O–H groups in total. The van der Waals surface area contributed by atoms with E-state index in [1.165, 1.54) is 6.07 Å². The van der Waals surface area contributed by atoms with Crippen molar-refractivity contribution < 1.29 is 8.78 Å². The first-order chi connectivity index (χ1) is 19.5. The van der Waals surface area contributed by atoms with Crippen molar-refractivity contribution in [2.45, 2.75) is 45.6 Å². The SMILES string of the molecule is CCCCc1cn(Cc2ccc(-c3ccccc3-c3nn[nH]n3)cc2)c2c(F)c(N3CCCC3)c(F)cc2c1=O. The largest absolute Gasteiger partial charge is 0.367 e. The molecule has 0 bridgehead atoms. The van der Waals surface area contributed by atoms with Crippen LogP contribution in [-0.2, 0) is 13.0 Å². The zero-order valence-electron chi connectivity index (χ0n) is 22.3. The second kappa shape index (κ2) is 11.0. The number of aromatic amines is 1. The van der Waals surface area contributed by atoms with Crippen molar-refractivity contribution in [2.75, 3.05) is 18.0 Å². The number of anilines is 1. The molecule has 0 amide bonds. The molecule has 9 heteroatoms. The molecule has 0 unspecified atom stereocenters. The number of aromatic nitrogens is 5. The summed E-state index contributed by atoms with van der Waals surface area (Å²) in [7, 11) is 0. The summed E-state index contributed by atoms with van der Waals surface area (Å²) in [5.74, 6) is -0.829. The van der Waals surface area contributed by atoms with E-state index in [4.69, 9.17) is 0 Å². The fourth-order valence-corrected chi connectivity index (χ4v) is 5.63. The van der Waals surface area contributed by atoms with Gasteiger partial charge in [0.15, 0.2) is 11.2 Å². The fourth-order valence-electron chi connectivity index (χ4n) is 5.63. The van der Waals surface area contributed by atoms with Gasteiger partial charge in [-0.3, -0.25) is 4.79 Å². The lowest BCUT2D eigenvalue weighted by molar-refractivity contribution is 0.579. The van der Waals surface area contributed by atoms with Gasteiger partial charge in [0.2, 0.25) is 5.82 Å². The van der Waals surface area contributed by atoms with Gasteiger partial charge in [0.25, 0.3) is 0 Å². The Morgan fingerprint density at radius 2 is 1.75 bits per heavy atom. The maximum absolute atomic E-state index is 16.1. The van der Waals surface area contributed by atoms with Crippen molar-refractivity contribution in [3.8, 4) is 22.5 Å². The van der Waals surface area contributed by atoms with Crippen LogP contribution in [0.5, 0.6) is 0 Å². The van der Waals surface area contributed by atoms with Gasteiger partial charge in [0, 0.05) is 37.0 Å². The average Bonchev–Trinajstić information content (AvgIpc) is 3.70. The number of aryl methyl sites for hydroxylation is 1. The van der Waals surface area contributed by atoms with Crippen molar-refractivity contribution >= 4 is 16.6 Å². The summed E-state index contributed by atoms with van der Waals surface area (Å²) < 4.78 is 33.1. The monoisotopic (exact) mass is 540 g/mol. The molecule has 0 saturated carbocycles. The lowest BCUT2D eigenvalue weighted by Gasteiger charge is -2.22. The maximum Gasteiger partial charge on any atom is 0.205 e. The van der Waals surface area contributed by atoms with Crippen molar-refractivity contribution in [1.82, 2.24) is 25.2 Å². The molecule has 3 heterocycles. The van der Waals surface area contributed by atoms with E-state index in [0.29, 0.717) is 37.4 Å². The minimum atomic E-state index is -0.673. The zero-order chi connectivity index (χ0) is 27.6. The molecule has 7 nitrogen and oxygen atoms in total. The summed E-state index contributed by atoms with van der Waals surface area (Å²) in [5, 5.41) is 14.5. The smallest absolute Gasteiger partial charge is 0.205 e. The van der Waals surface area contributed by atoms with E-state index in [-0.39, 0.29) is 22.0 Å². The number of nitrogens with one attached hydrogen (secondary N) is 1.